The van der Waals surface area contributed by atoms with E-state index in [0.717, 1.165) is 23.8 Å². The van der Waals surface area contributed by atoms with Gasteiger partial charge in [-0.25, -0.2) is 0 Å². The first-order valence-corrected chi connectivity index (χ1v) is 4.71. The van der Waals surface area contributed by atoms with E-state index in [4.69, 9.17) is 0 Å². The minimum atomic E-state index is 0.784. The minimum absolute atomic E-state index is 0.784. The largest absolute Gasteiger partial charge is 0.317 e. The highest BCUT2D eigenvalue weighted by Gasteiger charge is 2.42. The summed E-state index contributed by atoms with van der Waals surface area (Å²) in [7, 11) is 2.09. The van der Waals surface area contributed by atoms with E-state index < -0.39 is 0 Å². The second kappa shape index (κ2) is 2.76. The average molecular weight is 154 g/mol. The van der Waals surface area contributed by atoms with E-state index in [1.807, 2.05) is 0 Å². The predicted octanol–water partition coefficient (Wildman–Crippen LogP) is 0.450. The Kier molecular flexibility index (Phi) is 1.90. The van der Waals surface area contributed by atoms with Crippen molar-refractivity contribution in [2.24, 2.45) is 17.8 Å². The predicted molar refractivity (Wildman–Crippen MR) is 46.5 cm³/mol. The van der Waals surface area contributed by atoms with E-state index in [9.17, 15) is 0 Å². The normalized spacial score (nSPS) is 49.6. The third kappa shape index (κ3) is 1.09. The smallest absolute Gasteiger partial charge is 0.00961 e. The van der Waals surface area contributed by atoms with Gasteiger partial charge in [0.15, 0.2) is 0 Å². The molecule has 1 saturated carbocycles. The molecule has 2 heteroatoms. The van der Waals surface area contributed by atoms with Gasteiger partial charge in [-0.1, -0.05) is 6.92 Å². The second-order valence-electron chi connectivity index (χ2n) is 4.07. The van der Waals surface area contributed by atoms with Gasteiger partial charge in [-0.2, -0.15) is 0 Å². The van der Waals surface area contributed by atoms with Crippen LogP contribution in [0.25, 0.3) is 0 Å². The fourth-order valence-corrected chi connectivity index (χ4v) is 2.85. The Morgan fingerprint density at radius 2 is 2.18 bits per heavy atom. The van der Waals surface area contributed by atoms with Crippen molar-refractivity contribution in [2.75, 3.05) is 20.1 Å². The molecule has 4 atom stereocenters. The number of hydrogen-bond acceptors (Lipinski definition) is 2. The first kappa shape index (κ1) is 7.56. The molecule has 0 aromatic heterocycles. The molecule has 0 radical (unpaired) electrons. The molecule has 0 bridgehead atoms. The molecule has 1 aliphatic heterocycles. The first-order valence-electron chi connectivity index (χ1n) is 4.71. The van der Waals surface area contributed by atoms with Gasteiger partial charge in [0.25, 0.3) is 0 Å². The second-order valence-corrected chi connectivity index (χ2v) is 4.07. The van der Waals surface area contributed by atoms with Crippen molar-refractivity contribution in [3.8, 4) is 0 Å². The Balaban J connectivity index is 2.04. The van der Waals surface area contributed by atoms with Crippen molar-refractivity contribution in [2.45, 2.75) is 19.4 Å². The highest BCUT2D eigenvalue weighted by molar-refractivity contribution is 4.97. The number of fused-ring (bicyclic) bond motifs is 1. The van der Waals surface area contributed by atoms with Crippen LogP contribution in [-0.2, 0) is 0 Å². The van der Waals surface area contributed by atoms with Crippen LogP contribution in [0.1, 0.15) is 13.3 Å². The molecule has 2 nitrogen and oxygen atoms in total. The van der Waals surface area contributed by atoms with Gasteiger partial charge < -0.3 is 10.6 Å². The molecule has 2 aliphatic rings. The molecule has 0 spiro atoms. The monoisotopic (exact) mass is 154 g/mol. The SMILES string of the molecule is CN[C@@H]1C[C@@H]2CNC[C@@H]2[C@H]1C. The molecule has 1 saturated heterocycles. The van der Waals surface area contributed by atoms with Crippen LogP contribution in [-0.4, -0.2) is 26.2 Å². The molecule has 0 aromatic rings. The van der Waals surface area contributed by atoms with Crippen molar-refractivity contribution in [1.82, 2.24) is 10.6 Å². The molecule has 1 aliphatic carbocycles. The lowest BCUT2D eigenvalue weighted by Crippen LogP contribution is -2.31. The summed E-state index contributed by atoms with van der Waals surface area (Å²) in [6.07, 6.45) is 1.38. The standard InChI is InChI=1S/C9H18N2/c1-6-8-5-11-4-7(8)3-9(6)10-2/h6-11H,3-5H2,1-2H3/t6-,7-,8-,9-/m1/s1. The summed E-state index contributed by atoms with van der Waals surface area (Å²) in [5.74, 6) is 2.79. The summed E-state index contributed by atoms with van der Waals surface area (Å²) in [4.78, 5) is 0. The summed E-state index contributed by atoms with van der Waals surface area (Å²) in [6.45, 7) is 4.90. The van der Waals surface area contributed by atoms with E-state index in [-0.39, 0.29) is 0 Å². The molecular weight excluding hydrogens is 136 g/mol. The highest BCUT2D eigenvalue weighted by atomic mass is 15.0. The number of rotatable bonds is 1. The van der Waals surface area contributed by atoms with Crippen LogP contribution >= 0.6 is 0 Å². The van der Waals surface area contributed by atoms with Crippen LogP contribution < -0.4 is 10.6 Å². The maximum atomic E-state index is 3.47. The molecule has 2 rings (SSSR count). The summed E-state index contributed by atoms with van der Waals surface area (Å²) < 4.78 is 0. The zero-order valence-corrected chi connectivity index (χ0v) is 7.43. The molecule has 1 heterocycles. The summed E-state index contributed by atoms with van der Waals surface area (Å²) >= 11 is 0. The molecule has 0 unspecified atom stereocenters. The van der Waals surface area contributed by atoms with E-state index in [2.05, 4.69) is 24.6 Å². The van der Waals surface area contributed by atoms with Crippen LogP contribution in [0.15, 0.2) is 0 Å². The zero-order chi connectivity index (χ0) is 7.84. The average Bonchev–Trinajstić information content (AvgIpc) is 2.53. The Hall–Kier alpha value is -0.0800. The van der Waals surface area contributed by atoms with E-state index in [0.29, 0.717) is 0 Å². The van der Waals surface area contributed by atoms with Gasteiger partial charge in [-0.3, -0.25) is 0 Å². The lowest BCUT2D eigenvalue weighted by molar-refractivity contribution is 0.366. The molecule has 64 valence electrons. The molecule has 11 heavy (non-hydrogen) atoms. The third-order valence-corrected chi connectivity index (χ3v) is 3.63. The van der Waals surface area contributed by atoms with Gasteiger partial charge >= 0.3 is 0 Å². The van der Waals surface area contributed by atoms with Crippen molar-refractivity contribution in [3.63, 3.8) is 0 Å². The van der Waals surface area contributed by atoms with Crippen LogP contribution in [0.3, 0.4) is 0 Å². The van der Waals surface area contributed by atoms with Crippen molar-refractivity contribution in [3.05, 3.63) is 0 Å². The topological polar surface area (TPSA) is 24.1 Å². The van der Waals surface area contributed by atoms with Crippen molar-refractivity contribution >= 4 is 0 Å². The Morgan fingerprint density at radius 3 is 2.82 bits per heavy atom. The lowest BCUT2D eigenvalue weighted by atomic mass is 9.93. The van der Waals surface area contributed by atoms with E-state index >= 15 is 0 Å². The Bertz CT molecular complexity index is 146. The lowest BCUT2D eigenvalue weighted by Gasteiger charge is -2.18. The van der Waals surface area contributed by atoms with Gasteiger partial charge in [0.05, 0.1) is 0 Å². The van der Waals surface area contributed by atoms with E-state index in [1.165, 1.54) is 19.5 Å². The van der Waals surface area contributed by atoms with Crippen LogP contribution in [0.5, 0.6) is 0 Å². The van der Waals surface area contributed by atoms with Crippen molar-refractivity contribution < 1.29 is 0 Å². The molecule has 0 amide bonds. The van der Waals surface area contributed by atoms with Gasteiger partial charge in [0.2, 0.25) is 0 Å². The van der Waals surface area contributed by atoms with Crippen LogP contribution in [0.4, 0.5) is 0 Å². The summed E-state index contributed by atoms with van der Waals surface area (Å²) in [6, 6.07) is 0.784. The maximum Gasteiger partial charge on any atom is 0.00961 e. The molecule has 2 fully saturated rings. The maximum absolute atomic E-state index is 3.47. The van der Waals surface area contributed by atoms with Crippen molar-refractivity contribution in [1.29, 1.82) is 0 Å². The fourth-order valence-electron chi connectivity index (χ4n) is 2.85. The van der Waals surface area contributed by atoms with Gasteiger partial charge in [-0.15, -0.1) is 0 Å². The van der Waals surface area contributed by atoms with Gasteiger partial charge in [-0.05, 0) is 44.3 Å². The Morgan fingerprint density at radius 1 is 1.36 bits per heavy atom. The Labute approximate surface area is 68.7 Å². The summed E-state index contributed by atoms with van der Waals surface area (Å²) in [5, 5.41) is 6.89. The molecule has 0 aromatic carbocycles. The summed E-state index contributed by atoms with van der Waals surface area (Å²) in [5.41, 5.74) is 0. The third-order valence-electron chi connectivity index (χ3n) is 3.63. The molecule has 2 N–H and O–H groups in total. The number of hydrogen-bond donors (Lipinski definition) is 2. The fraction of sp³-hybridized carbons (Fsp3) is 1.00. The minimum Gasteiger partial charge on any atom is -0.317 e. The van der Waals surface area contributed by atoms with E-state index in [1.54, 1.807) is 0 Å². The number of nitrogens with one attached hydrogen (secondary N) is 2. The van der Waals surface area contributed by atoms with Gasteiger partial charge in [0, 0.05) is 6.04 Å². The first-order chi connectivity index (χ1) is 5.33. The van der Waals surface area contributed by atoms with Crippen LogP contribution in [0.2, 0.25) is 0 Å². The highest BCUT2D eigenvalue weighted by Crippen LogP contribution is 2.38. The molecular formula is C9H18N2. The quantitative estimate of drug-likeness (QED) is 0.573. The zero-order valence-electron chi connectivity index (χ0n) is 7.43. The van der Waals surface area contributed by atoms with Gasteiger partial charge in [0.1, 0.15) is 0 Å². The van der Waals surface area contributed by atoms with Crippen LogP contribution in [0, 0.1) is 17.8 Å².